The van der Waals surface area contributed by atoms with Crippen LogP contribution in [0.2, 0.25) is 0 Å². The van der Waals surface area contributed by atoms with Crippen molar-refractivity contribution in [3.8, 4) is 0 Å². The normalized spacial score (nSPS) is 15.1. The molecule has 0 saturated carbocycles. The molecule has 28 heavy (non-hydrogen) atoms. The number of imidazole rings is 1. The average molecular weight is 377 g/mol. The SMILES string of the molecule is O=C(NCCCc1ccccc1)N1CCN(Cc2nc3ccccc3[nH]2)CC1. The number of nitrogens with one attached hydrogen (secondary N) is 2. The predicted octanol–water partition coefficient (Wildman–Crippen LogP) is 3.02. The third-order valence-electron chi connectivity index (χ3n) is 5.23. The molecule has 0 radical (unpaired) electrons. The standard InChI is InChI=1S/C22H27N5O/c28-22(23-12-6-9-18-7-2-1-3-8-18)27-15-13-26(14-16-27)17-21-24-19-10-4-5-11-20(19)25-21/h1-5,7-8,10-11H,6,9,12-17H2,(H,23,28)(H,24,25). The second-order valence-electron chi connectivity index (χ2n) is 7.28. The van der Waals surface area contributed by atoms with Gasteiger partial charge in [-0.15, -0.1) is 0 Å². The van der Waals surface area contributed by atoms with Crippen molar-refractivity contribution in [2.24, 2.45) is 0 Å². The first-order chi connectivity index (χ1) is 13.8. The van der Waals surface area contributed by atoms with E-state index in [0.717, 1.165) is 62.4 Å². The van der Waals surface area contributed by atoms with Crippen LogP contribution < -0.4 is 5.32 Å². The molecule has 0 aliphatic carbocycles. The first kappa shape index (κ1) is 18.5. The van der Waals surface area contributed by atoms with Gasteiger partial charge in [-0.3, -0.25) is 4.90 Å². The zero-order valence-corrected chi connectivity index (χ0v) is 16.1. The summed E-state index contributed by atoms with van der Waals surface area (Å²) in [5.74, 6) is 0.986. The number of aromatic nitrogens is 2. The number of amides is 2. The van der Waals surface area contributed by atoms with Crippen molar-refractivity contribution in [2.45, 2.75) is 19.4 Å². The van der Waals surface area contributed by atoms with Crippen molar-refractivity contribution >= 4 is 17.1 Å². The minimum Gasteiger partial charge on any atom is -0.341 e. The maximum atomic E-state index is 12.4. The van der Waals surface area contributed by atoms with E-state index in [1.54, 1.807) is 0 Å². The molecular weight excluding hydrogens is 350 g/mol. The van der Waals surface area contributed by atoms with Gasteiger partial charge in [-0.1, -0.05) is 42.5 Å². The summed E-state index contributed by atoms with van der Waals surface area (Å²) in [4.78, 5) is 24.7. The molecule has 0 atom stereocenters. The Morgan fingerprint density at radius 3 is 2.54 bits per heavy atom. The lowest BCUT2D eigenvalue weighted by Gasteiger charge is -2.34. The van der Waals surface area contributed by atoms with Crippen LogP contribution >= 0.6 is 0 Å². The van der Waals surface area contributed by atoms with E-state index in [2.05, 4.69) is 44.5 Å². The summed E-state index contributed by atoms with van der Waals surface area (Å²) < 4.78 is 0. The van der Waals surface area contributed by atoms with Gasteiger partial charge in [0.25, 0.3) is 0 Å². The number of benzene rings is 2. The number of hydrogen-bond acceptors (Lipinski definition) is 3. The van der Waals surface area contributed by atoms with Gasteiger partial charge in [0.2, 0.25) is 0 Å². The number of carbonyl (C=O) groups excluding carboxylic acids is 1. The molecule has 2 heterocycles. The average Bonchev–Trinajstić information content (AvgIpc) is 3.14. The number of rotatable bonds is 6. The molecule has 1 saturated heterocycles. The molecule has 0 spiro atoms. The Morgan fingerprint density at radius 2 is 1.75 bits per heavy atom. The number of urea groups is 1. The Balaban J connectivity index is 1.17. The molecule has 0 bridgehead atoms. The molecule has 1 aliphatic heterocycles. The van der Waals surface area contributed by atoms with Gasteiger partial charge < -0.3 is 15.2 Å². The number of nitrogens with zero attached hydrogens (tertiary/aromatic N) is 3. The smallest absolute Gasteiger partial charge is 0.317 e. The van der Waals surface area contributed by atoms with Crippen LogP contribution in [-0.2, 0) is 13.0 Å². The van der Waals surface area contributed by atoms with E-state index in [1.807, 2.05) is 35.2 Å². The van der Waals surface area contributed by atoms with Crippen LogP contribution in [-0.4, -0.2) is 58.5 Å². The summed E-state index contributed by atoms with van der Waals surface area (Å²) in [7, 11) is 0. The third kappa shape index (κ3) is 4.70. The maximum Gasteiger partial charge on any atom is 0.317 e. The molecule has 2 amide bonds. The molecule has 2 N–H and O–H groups in total. The van der Waals surface area contributed by atoms with Gasteiger partial charge in [0.1, 0.15) is 5.82 Å². The molecule has 4 rings (SSSR count). The number of para-hydroxylation sites is 2. The lowest BCUT2D eigenvalue weighted by molar-refractivity contribution is 0.134. The van der Waals surface area contributed by atoms with Gasteiger partial charge in [0.05, 0.1) is 17.6 Å². The minimum atomic E-state index is 0.0523. The summed E-state index contributed by atoms with van der Waals surface area (Å²) in [6.45, 7) is 4.76. The molecule has 2 aromatic carbocycles. The number of hydrogen-bond donors (Lipinski definition) is 2. The Labute approximate surface area is 165 Å². The molecule has 1 fully saturated rings. The van der Waals surface area contributed by atoms with Crippen LogP contribution in [0.25, 0.3) is 11.0 Å². The van der Waals surface area contributed by atoms with Gasteiger partial charge in [0.15, 0.2) is 0 Å². The lowest BCUT2D eigenvalue weighted by atomic mass is 10.1. The first-order valence-electron chi connectivity index (χ1n) is 10.0. The Bertz CT molecular complexity index is 866. The fourth-order valence-electron chi connectivity index (χ4n) is 3.65. The topological polar surface area (TPSA) is 64.3 Å². The van der Waals surface area contributed by atoms with Gasteiger partial charge in [-0.2, -0.15) is 0 Å². The second-order valence-corrected chi connectivity index (χ2v) is 7.28. The van der Waals surface area contributed by atoms with Gasteiger partial charge >= 0.3 is 6.03 Å². The zero-order chi connectivity index (χ0) is 19.2. The van der Waals surface area contributed by atoms with E-state index in [1.165, 1.54) is 5.56 Å². The number of carbonyl (C=O) groups is 1. The van der Waals surface area contributed by atoms with Crippen LogP contribution in [0.5, 0.6) is 0 Å². The summed E-state index contributed by atoms with van der Waals surface area (Å²) in [6.07, 6.45) is 1.95. The molecule has 0 unspecified atom stereocenters. The van der Waals surface area contributed by atoms with E-state index in [0.29, 0.717) is 6.54 Å². The van der Waals surface area contributed by atoms with Crippen LogP contribution in [0.15, 0.2) is 54.6 Å². The van der Waals surface area contributed by atoms with Crippen molar-refractivity contribution in [3.05, 3.63) is 66.0 Å². The van der Waals surface area contributed by atoms with Crippen molar-refractivity contribution in [2.75, 3.05) is 32.7 Å². The van der Waals surface area contributed by atoms with Crippen molar-refractivity contribution in [1.82, 2.24) is 25.1 Å². The van der Waals surface area contributed by atoms with Crippen LogP contribution in [0.3, 0.4) is 0 Å². The summed E-state index contributed by atoms with van der Waals surface area (Å²) in [5.41, 5.74) is 3.40. The third-order valence-corrected chi connectivity index (χ3v) is 5.23. The second kappa shape index (κ2) is 8.89. The van der Waals surface area contributed by atoms with Crippen LogP contribution in [0, 0.1) is 0 Å². The highest BCUT2D eigenvalue weighted by atomic mass is 16.2. The molecule has 1 aromatic heterocycles. The zero-order valence-electron chi connectivity index (χ0n) is 16.1. The summed E-state index contributed by atoms with van der Waals surface area (Å²) in [6, 6.07) is 18.5. The van der Waals surface area contributed by atoms with Crippen molar-refractivity contribution in [1.29, 1.82) is 0 Å². The highest BCUT2D eigenvalue weighted by molar-refractivity contribution is 5.75. The number of fused-ring (bicyclic) bond motifs is 1. The molecule has 146 valence electrons. The van der Waals surface area contributed by atoms with Gasteiger partial charge in [-0.05, 0) is 30.5 Å². The van der Waals surface area contributed by atoms with E-state index in [4.69, 9.17) is 0 Å². The number of piperazine rings is 1. The molecule has 6 heteroatoms. The van der Waals surface area contributed by atoms with Crippen molar-refractivity contribution < 1.29 is 4.79 Å². The van der Waals surface area contributed by atoms with E-state index < -0.39 is 0 Å². The van der Waals surface area contributed by atoms with E-state index in [9.17, 15) is 4.79 Å². The molecule has 6 nitrogen and oxygen atoms in total. The number of H-pyrrole nitrogens is 1. The molecule has 3 aromatic rings. The molecular formula is C22H27N5O. The highest BCUT2D eigenvalue weighted by Crippen LogP contribution is 2.13. The van der Waals surface area contributed by atoms with Gasteiger partial charge in [-0.25, -0.2) is 9.78 Å². The van der Waals surface area contributed by atoms with E-state index in [-0.39, 0.29) is 6.03 Å². The highest BCUT2D eigenvalue weighted by Gasteiger charge is 2.21. The Hall–Kier alpha value is -2.86. The first-order valence-corrected chi connectivity index (χ1v) is 10.0. The summed E-state index contributed by atoms with van der Waals surface area (Å²) in [5, 5.41) is 3.05. The molecule has 1 aliphatic rings. The van der Waals surface area contributed by atoms with Crippen LogP contribution in [0.4, 0.5) is 4.79 Å². The fraction of sp³-hybridized carbons (Fsp3) is 0.364. The quantitative estimate of drug-likeness (QED) is 0.649. The van der Waals surface area contributed by atoms with Crippen molar-refractivity contribution in [3.63, 3.8) is 0 Å². The van der Waals surface area contributed by atoms with Gasteiger partial charge in [0, 0.05) is 32.7 Å². The summed E-state index contributed by atoms with van der Waals surface area (Å²) >= 11 is 0. The van der Waals surface area contributed by atoms with Crippen LogP contribution in [0.1, 0.15) is 17.8 Å². The Kier molecular flexibility index (Phi) is 5.87. The Morgan fingerprint density at radius 1 is 1.00 bits per heavy atom. The largest absolute Gasteiger partial charge is 0.341 e. The number of aryl methyl sites for hydroxylation is 1. The van der Waals surface area contributed by atoms with E-state index >= 15 is 0 Å². The lowest BCUT2D eigenvalue weighted by Crippen LogP contribution is -2.51. The fourth-order valence-corrected chi connectivity index (χ4v) is 3.65. The predicted molar refractivity (Wildman–Crippen MR) is 111 cm³/mol. The number of aromatic amines is 1. The monoisotopic (exact) mass is 377 g/mol. The maximum absolute atomic E-state index is 12.4. The minimum absolute atomic E-state index is 0.0523.